The van der Waals surface area contributed by atoms with Gasteiger partial charge in [-0.2, -0.15) is 16.5 Å². The number of benzene rings is 2. The molecule has 2 aromatic rings. The van der Waals surface area contributed by atoms with Crippen LogP contribution in [0.2, 0.25) is 0 Å². The summed E-state index contributed by atoms with van der Waals surface area (Å²) < 4.78 is 52.6. The lowest BCUT2D eigenvalue weighted by Gasteiger charge is -2.28. The highest BCUT2D eigenvalue weighted by atomic mass is 32.2. The number of nitrogens with one attached hydrogen (secondary N) is 2. The minimum absolute atomic E-state index is 0.0693. The summed E-state index contributed by atoms with van der Waals surface area (Å²) in [4.78, 5) is 13.3. The molecule has 0 saturated heterocycles. The van der Waals surface area contributed by atoms with Gasteiger partial charge in [-0.25, -0.2) is 16.8 Å². The Morgan fingerprint density at radius 3 is 2.50 bits per heavy atom. The van der Waals surface area contributed by atoms with Crippen molar-refractivity contribution in [1.29, 1.82) is 0 Å². The first kappa shape index (κ1) is 22.8. The van der Waals surface area contributed by atoms with Gasteiger partial charge in [0.25, 0.3) is 0 Å². The zero-order chi connectivity index (χ0) is 21.8. The van der Waals surface area contributed by atoms with E-state index in [1.54, 1.807) is 36.4 Å². The van der Waals surface area contributed by atoms with E-state index in [0.717, 1.165) is 0 Å². The summed E-state index contributed by atoms with van der Waals surface area (Å²) in [6.07, 6.45) is 2.43. The SMILES string of the molecule is CSCC[C@H](NS(=O)(=O)c1ccccc1)C(=O)N[C@H]1CCS(=O)(=O)c2ccccc21. The summed E-state index contributed by atoms with van der Waals surface area (Å²) in [6.45, 7) is 0. The Balaban J connectivity index is 1.81. The highest BCUT2D eigenvalue weighted by Crippen LogP contribution is 2.32. The molecule has 162 valence electrons. The zero-order valence-electron chi connectivity index (χ0n) is 16.4. The van der Waals surface area contributed by atoms with E-state index in [0.29, 0.717) is 17.7 Å². The predicted octanol–water partition coefficient (Wildman–Crippen LogP) is 2.12. The van der Waals surface area contributed by atoms with Crippen LogP contribution in [0, 0.1) is 0 Å². The number of carbonyl (C=O) groups excluding carboxylic acids is 1. The molecule has 2 N–H and O–H groups in total. The average molecular weight is 469 g/mol. The van der Waals surface area contributed by atoms with E-state index < -0.39 is 37.9 Å². The van der Waals surface area contributed by atoms with E-state index in [4.69, 9.17) is 0 Å². The first-order chi connectivity index (χ1) is 14.2. The van der Waals surface area contributed by atoms with Crippen molar-refractivity contribution < 1.29 is 21.6 Å². The van der Waals surface area contributed by atoms with Gasteiger partial charge in [0, 0.05) is 0 Å². The summed E-state index contributed by atoms with van der Waals surface area (Å²) in [7, 11) is -7.25. The summed E-state index contributed by atoms with van der Waals surface area (Å²) in [5, 5.41) is 2.86. The third-order valence-electron chi connectivity index (χ3n) is 4.90. The first-order valence-corrected chi connectivity index (χ1v) is 14.0. The molecule has 1 heterocycles. The number of sulfone groups is 1. The van der Waals surface area contributed by atoms with Crippen molar-refractivity contribution in [3.63, 3.8) is 0 Å². The van der Waals surface area contributed by atoms with Crippen molar-refractivity contribution in [2.75, 3.05) is 17.8 Å². The van der Waals surface area contributed by atoms with Crippen LogP contribution in [0.1, 0.15) is 24.4 Å². The Morgan fingerprint density at radius 1 is 1.13 bits per heavy atom. The number of hydrogen-bond acceptors (Lipinski definition) is 6. The van der Waals surface area contributed by atoms with Crippen LogP contribution < -0.4 is 10.0 Å². The van der Waals surface area contributed by atoms with Gasteiger partial charge in [-0.3, -0.25) is 4.79 Å². The van der Waals surface area contributed by atoms with Gasteiger partial charge in [-0.15, -0.1) is 0 Å². The van der Waals surface area contributed by atoms with Crippen LogP contribution >= 0.6 is 11.8 Å². The van der Waals surface area contributed by atoms with Gasteiger partial charge < -0.3 is 5.32 Å². The molecule has 0 aliphatic carbocycles. The van der Waals surface area contributed by atoms with Gasteiger partial charge in [0.2, 0.25) is 15.9 Å². The largest absolute Gasteiger partial charge is 0.348 e. The third kappa shape index (κ3) is 5.23. The molecule has 10 heteroatoms. The fourth-order valence-corrected chi connectivity index (χ4v) is 6.69. The van der Waals surface area contributed by atoms with E-state index in [1.807, 2.05) is 6.26 Å². The third-order valence-corrected chi connectivity index (χ3v) is 8.85. The second-order valence-electron chi connectivity index (χ2n) is 6.97. The molecular weight excluding hydrogens is 444 g/mol. The molecule has 0 saturated carbocycles. The quantitative estimate of drug-likeness (QED) is 0.614. The minimum Gasteiger partial charge on any atom is -0.348 e. The molecule has 2 aromatic carbocycles. The van der Waals surface area contributed by atoms with Crippen LogP contribution in [0.3, 0.4) is 0 Å². The minimum atomic E-state index is -3.87. The topological polar surface area (TPSA) is 109 Å². The van der Waals surface area contributed by atoms with Crippen molar-refractivity contribution in [3.05, 3.63) is 60.2 Å². The molecule has 0 unspecified atom stereocenters. The fourth-order valence-electron chi connectivity index (χ4n) is 3.35. The van der Waals surface area contributed by atoms with Crippen molar-refractivity contribution >= 4 is 37.5 Å². The van der Waals surface area contributed by atoms with Gasteiger partial charge in [0.1, 0.15) is 6.04 Å². The van der Waals surface area contributed by atoms with E-state index in [2.05, 4.69) is 10.0 Å². The van der Waals surface area contributed by atoms with Crippen LogP contribution in [-0.2, 0) is 24.7 Å². The van der Waals surface area contributed by atoms with Crippen LogP contribution in [0.5, 0.6) is 0 Å². The lowest BCUT2D eigenvalue weighted by atomic mass is 10.0. The molecule has 3 rings (SSSR count). The van der Waals surface area contributed by atoms with Crippen molar-refractivity contribution in [1.82, 2.24) is 10.0 Å². The number of sulfonamides is 1. The molecule has 0 aromatic heterocycles. The summed E-state index contributed by atoms with van der Waals surface area (Å²) >= 11 is 1.51. The molecule has 0 bridgehead atoms. The number of hydrogen-bond donors (Lipinski definition) is 2. The Labute approximate surface area is 181 Å². The Hall–Kier alpha value is -1.88. The predicted molar refractivity (Wildman–Crippen MR) is 118 cm³/mol. The number of rotatable bonds is 8. The number of fused-ring (bicyclic) bond motifs is 1. The molecule has 0 fully saturated rings. The maximum absolute atomic E-state index is 13.0. The van der Waals surface area contributed by atoms with Gasteiger partial charge in [0.05, 0.1) is 21.6 Å². The number of amides is 1. The number of thioether (sulfide) groups is 1. The second-order valence-corrected chi connectivity index (χ2v) is 11.8. The first-order valence-electron chi connectivity index (χ1n) is 9.43. The van der Waals surface area contributed by atoms with Crippen molar-refractivity contribution in [2.24, 2.45) is 0 Å². The van der Waals surface area contributed by atoms with Gasteiger partial charge in [0.15, 0.2) is 9.84 Å². The molecular formula is C20H24N2O5S3. The molecule has 0 radical (unpaired) electrons. The zero-order valence-corrected chi connectivity index (χ0v) is 18.9. The Bertz CT molecular complexity index is 1100. The maximum atomic E-state index is 13.0. The number of carbonyl (C=O) groups is 1. The van der Waals surface area contributed by atoms with Crippen LogP contribution in [0.15, 0.2) is 64.4 Å². The Kier molecular flexibility index (Phi) is 7.22. The average Bonchev–Trinajstić information content (AvgIpc) is 2.74. The summed E-state index contributed by atoms with van der Waals surface area (Å²) in [5.74, 6) is 0.0493. The van der Waals surface area contributed by atoms with E-state index >= 15 is 0 Å². The van der Waals surface area contributed by atoms with E-state index in [1.165, 1.54) is 30.0 Å². The maximum Gasteiger partial charge on any atom is 0.241 e. The summed E-state index contributed by atoms with van der Waals surface area (Å²) in [5.41, 5.74) is 0.534. The smallest absolute Gasteiger partial charge is 0.241 e. The molecule has 1 aliphatic rings. The molecule has 1 aliphatic heterocycles. The monoisotopic (exact) mass is 468 g/mol. The highest BCUT2D eigenvalue weighted by molar-refractivity contribution is 7.98. The second kappa shape index (κ2) is 9.51. The lowest BCUT2D eigenvalue weighted by molar-refractivity contribution is -0.123. The van der Waals surface area contributed by atoms with Crippen LogP contribution in [-0.4, -0.2) is 46.5 Å². The van der Waals surface area contributed by atoms with E-state index in [9.17, 15) is 21.6 Å². The van der Waals surface area contributed by atoms with Crippen LogP contribution in [0.4, 0.5) is 0 Å². The van der Waals surface area contributed by atoms with E-state index in [-0.39, 0.29) is 22.0 Å². The van der Waals surface area contributed by atoms with Crippen LogP contribution in [0.25, 0.3) is 0 Å². The van der Waals surface area contributed by atoms with Crippen molar-refractivity contribution in [3.8, 4) is 0 Å². The Morgan fingerprint density at radius 2 is 1.80 bits per heavy atom. The molecule has 2 atom stereocenters. The van der Waals surface area contributed by atoms with Crippen molar-refractivity contribution in [2.45, 2.75) is 34.7 Å². The molecule has 0 spiro atoms. The molecule has 7 nitrogen and oxygen atoms in total. The molecule has 1 amide bonds. The van der Waals surface area contributed by atoms with Gasteiger partial charge in [-0.1, -0.05) is 36.4 Å². The lowest BCUT2D eigenvalue weighted by Crippen LogP contribution is -2.48. The normalized spacial score (nSPS) is 18.9. The highest BCUT2D eigenvalue weighted by Gasteiger charge is 2.33. The van der Waals surface area contributed by atoms with Gasteiger partial charge in [-0.05, 0) is 48.6 Å². The molecule has 30 heavy (non-hydrogen) atoms. The fraction of sp³-hybridized carbons (Fsp3) is 0.350. The summed E-state index contributed by atoms with van der Waals surface area (Å²) in [6, 6.07) is 13.0. The standard InChI is InChI=1S/C20H24N2O5S3/c1-28-13-11-18(22-30(26,27)15-7-3-2-4-8-15)20(23)21-17-12-14-29(24,25)19-10-6-5-9-16(17)19/h2-10,17-18,22H,11-14H2,1H3,(H,21,23)/t17-,18-/m0/s1. The van der Waals surface area contributed by atoms with Gasteiger partial charge >= 0.3 is 0 Å².